The molecule has 0 saturated carbocycles. The molecule has 0 aliphatic rings. The van der Waals surface area contributed by atoms with Gasteiger partial charge in [-0.2, -0.15) is 5.26 Å². The van der Waals surface area contributed by atoms with Crippen molar-refractivity contribution in [2.24, 2.45) is 0 Å². The fourth-order valence-electron chi connectivity index (χ4n) is 1.51. The van der Waals surface area contributed by atoms with Gasteiger partial charge in [-0.05, 0) is 17.7 Å². The zero-order valence-corrected chi connectivity index (χ0v) is 9.47. The third-order valence-corrected chi connectivity index (χ3v) is 2.47. The maximum Gasteiger partial charge on any atom is 0.118 e. The van der Waals surface area contributed by atoms with Crippen molar-refractivity contribution in [1.82, 2.24) is 4.98 Å². The number of aromatic amines is 1. The zero-order valence-electron chi connectivity index (χ0n) is 9.47. The number of methoxy groups -OCH3 is 1. The number of nitrogens with zero attached hydrogens (tertiary/aromatic N) is 1. The molecule has 3 nitrogen and oxygen atoms in total. The van der Waals surface area contributed by atoms with Crippen molar-refractivity contribution in [3.63, 3.8) is 0 Å². The van der Waals surface area contributed by atoms with Crippen LogP contribution in [0.5, 0.6) is 5.75 Å². The smallest absolute Gasteiger partial charge is 0.118 e. The summed E-state index contributed by atoms with van der Waals surface area (Å²) in [4.78, 5) is 2.91. The molecule has 3 heteroatoms. The van der Waals surface area contributed by atoms with E-state index in [1.54, 1.807) is 19.5 Å². The molecule has 0 radical (unpaired) electrons. The van der Waals surface area contributed by atoms with Crippen molar-refractivity contribution in [2.75, 3.05) is 7.11 Å². The summed E-state index contributed by atoms with van der Waals surface area (Å²) in [6.07, 6.45) is 7.37. The molecule has 1 aromatic carbocycles. The van der Waals surface area contributed by atoms with Gasteiger partial charge in [0.2, 0.25) is 0 Å². The average molecular weight is 224 g/mol. The minimum Gasteiger partial charge on any atom is -0.497 e. The number of hydrogen-bond acceptors (Lipinski definition) is 2. The average Bonchev–Trinajstić information content (AvgIpc) is 2.84. The Kier molecular flexibility index (Phi) is 3.27. The van der Waals surface area contributed by atoms with Crippen molar-refractivity contribution < 1.29 is 4.74 Å². The summed E-state index contributed by atoms with van der Waals surface area (Å²) in [5, 5.41) is 8.85. The molecule has 0 atom stereocenters. The van der Waals surface area contributed by atoms with E-state index in [1.807, 2.05) is 36.4 Å². The van der Waals surface area contributed by atoms with E-state index in [0.717, 1.165) is 16.9 Å². The van der Waals surface area contributed by atoms with E-state index in [-0.39, 0.29) is 0 Å². The zero-order chi connectivity index (χ0) is 12.1. The maximum atomic E-state index is 8.85. The molecule has 0 spiro atoms. The van der Waals surface area contributed by atoms with Crippen LogP contribution in [0.1, 0.15) is 16.7 Å². The van der Waals surface area contributed by atoms with E-state index >= 15 is 0 Å². The highest BCUT2D eigenvalue weighted by Crippen LogP contribution is 2.15. The van der Waals surface area contributed by atoms with E-state index in [9.17, 15) is 0 Å². The van der Waals surface area contributed by atoms with Crippen LogP contribution in [0.3, 0.4) is 0 Å². The number of rotatable bonds is 3. The lowest BCUT2D eigenvalue weighted by atomic mass is 10.1. The molecule has 0 unspecified atom stereocenters. The SMILES string of the molecule is COc1ccc(/C=C/c2c[nH]cc2C#N)cc1. The number of ether oxygens (including phenoxy) is 1. The molecule has 0 aliphatic heterocycles. The first-order valence-corrected chi connectivity index (χ1v) is 5.22. The van der Waals surface area contributed by atoms with Crippen molar-refractivity contribution in [2.45, 2.75) is 0 Å². The third-order valence-electron chi connectivity index (χ3n) is 2.47. The Morgan fingerprint density at radius 3 is 2.59 bits per heavy atom. The van der Waals surface area contributed by atoms with Gasteiger partial charge in [-0.25, -0.2) is 0 Å². The van der Waals surface area contributed by atoms with Gasteiger partial charge in [0.1, 0.15) is 11.8 Å². The fourth-order valence-corrected chi connectivity index (χ4v) is 1.51. The number of nitriles is 1. The summed E-state index contributed by atoms with van der Waals surface area (Å²) in [5.41, 5.74) is 2.61. The lowest BCUT2D eigenvalue weighted by Gasteiger charge is -1.98. The van der Waals surface area contributed by atoms with E-state index in [2.05, 4.69) is 11.1 Å². The van der Waals surface area contributed by atoms with Gasteiger partial charge >= 0.3 is 0 Å². The number of nitrogens with one attached hydrogen (secondary N) is 1. The number of hydrogen-bond donors (Lipinski definition) is 1. The third kappa shape index (κ3) is 2.56. The highest BCUT2D eigenvalue weighted by molar-refractivity contribution is 5.72. The topological polar surface area (TPSA) is 48.8 Å². The van der Waals surface area contributed by atoms with Crippen LogP contribution < -0.4 is 4.74 Å². The Morgan fingerprint density at radius 2 is 1.94 bits per heavy atom. The number of benzene rings is 1. The number of H-pyrrole nitrogens is 1. The van der Waals surface area contributed by atoms with Gasteiger partial charge in [0, 0.05) is 18.0 Å². The normalized spacial score (nSPS) is 10.4. The fraction of sp³-hybridized carbons (Fsp3) is 0.0714. The molecule has 1 heterocycles. The Morgan fingerprint density at radius 1 is 1.18 bits per heavy atom. The Labute approximate surface area is 100.0 Å². The summed E-state index contributed by atoms with van der Waals surface area (Å²) in [6, 6.07) is 9.87. The molecule has 0 bridgehead atoms. The molecular weight excluding hydrogens is 212 g/mol. The Balaban J connectivity index is 2.18. The van der Waals surface area contributed by atoms with Crippen LogP contribution in [0, 0.1) is 11.3 Å². The van der Waals surface area contributed by atoms with E-state index < -0.39 is 0 Å². The summed E-state index contributed by atoms with van der Waals surface area (Å²) >= 11 is 0. The molecule has 0 saturated heterocycles. The lowest BCUT2D eigenvalue weighted by Crippen LogP contribution is -1.81. The predicted molar refractivity (Wildman–Crippen MR) is 67.4 cm³/mol. The summed E-state index contributed by atoms with van der Waals surface area (Å²) < 4.78 is 5.08. The number of aromatic nitrogens is 1. The first kappa shape index (κ1) is 11.0. The molecule has 2 aromatic rings. The second kappa shape index (κ2) is 5.04. The van der Waals surface area contributed by atoms with Gasteiger partial charge in [0.05, 0.1) is 12.7 Å². The second-order valence-corrected chi connectivity index (χ2v) is 3.54. The van der Waals surface area contributed by atoms with Crippen LogP contribution in [-0.2, 0) is 0 Å². The van der Waals surface area contributed by atoms with Crippen LogP contribution in [0.2, 0.25) is 0 Å². The summed E-state index contributed by atoms with van der Waals surface area (Å²) in [5.74, 6) is 0.835. The van der Waals surface area contributed by atoms with Crippen molar-refractivity contribution in [1.29, 1.82) is 5.26 Å². The van der Waals surface area contributed by atoms with Gasteiger partial charge in [-0.15, -0.1) is 0 Å². The molecule has 1 aromatic heterocycles. The van der Waals surface area contributed by atoms with Gasteiger partial charge < -0.3 is 9.72 Å². The van der Waals surface area contributed by atoms with Crippen molar-refractivity contribution in [3.05, 3.63) is 53.3 Å². The summed E-state index contributed by atoms with van der Waals surface area (Å²) in [6.45, 7) is 0. The van der Waals surface area contributed by atoms with Gasteiger partial charge in [0.25, 0.3) is 0 Å². The minimum atomic E-state index is 0.648. The minimum absolute atomic E-state index is 0.648. The monoisotopic (exact) mass is 224 g/mol. The quantitative estimate of drug-likeness (QED) is 0.871. The molecule has 2 rings (SSSR count). The Bertz CT molecular complexity index is 559. The molecule has 17 heavy (non-hydrogen) atoms. The van der Waals surface area contributed by atoms with Crippen LogP contribution in [0.15, 0.2) is 36.7 Å². The Hall–Kier alpha value is -2.47. The highest BCUT2D eigenvalue weighted by atomic mass is 16.5. The first-order chi connectivity index (χ1) is 8.33. The van der Waals surface area contributed by atoms with Gasteiger partial charge in [-0.3, -0.25) is 0 Å². The van der Waals surface area contributed by atoms with Gasteiger partial charge in [-0.1, -0.05) is 24.3 Å². The first-order valence-electron chi connectivity index (χ1n) is 5.22. The van der Waals surface area contributed by atoms with E-state index in [1.165, 1.54) is 0 Å². The molecular formula is C14H12N2O. The lowest BCUT2D eigenvalue weighted by molar-refractivity contribution is 0.415. The molecule has 84 valence electrons. The molecule has 0 aliphatic carbocycles. The van der Waals surface area contributed by atoms with E-state index in [0.29, 0.717) is 5.56 Å². The van der Waals surface area contributed by atoms with Crippen molar-refractivity contribution >= 4 is 12.2 Å². The summed E-state index contributed by atoms with van der Waals surface area (Å²) in [7, 11) is 1.64. The van der Waals surface area contributed by atoms with Crippen LogP contribution in [-0.4, -0.2) is 12.1 Å². The van der Waals surface area contributed by atoms with E-state index in [4.69, 9.17) is 10.00 Å². The molecule has 0 amide bonds. The molecule has 0 fully saturated rings. The van der Waals surface area contributed by atoms with Crippen LogP contribution >= 0.6 is 0 Å². The molecule has 1 N–H and O–H groups in total. The maximum absolute atomic E-state index is 8.85. The van der Waals surface area contributed by atoms with Crippen LogP contribution in [0.4, 0.5) is 0 Å². The standard InChI is InChI=1S/C14H12N2O/c1-17-14-6-3-11(4-7-14)2-5-12-9-16-10-13(12)8-15/h2-7,9-10,16H,1H3/b5-2+. The largest absolute Gasteiger partial charge is 0.497 e. The predicted octanol–water partition coefficient (Wildman–Crippen LogP) is 3.07. The van der Waals surface area contributed by atoms with Gasteiger partial charge in [0.15, 0.2) is 0 Å². The highest BCUT2D eigenvalue weighted by Gasteiger charge is 1.97. The van der Waals surface area contributed by atoms with Crippen LogP contribution in [0.25, 0.3) is 12.2 Å². The second-order valence-electron chi connectivity index (χ2n) is 3.54. The van der Waals surface area contributed by atoms with Crippen molar-refractivity contribution in [3.8, 4) is 11.8 Å².